The molecule has 0 atom stereocenters. The first kappa shape index (κ1) is 18.6. The molecule has 24 heavy (non-hydrogen) atoms. The lowest BCUT2D eigenvalue weighted by Gasteiger charge is -2.19. The molecule has 132 valence electrons. The molecule has 0 fully saturated rings. The fourth-order valence-electron chi connectivity index (χ4n) is 2.60. The van der Waals surface area contributed by atoms with E-state index in [1.165, 1.54) is 0 Å². The fraction of sp³-hybridized carbons (Fsp3) is 0.500. The Morgan fingerprint density at radius 1 is 0.708 bits per heavy atom. The molecule has 0 aliphatic heterocycles. The third-order valence-corrected chi connectivity index (χ3v) is 3.93. The van der Waals surface area contributed by atoms with Crippen LogP contribution in [-0.4, -0.2) is 26.8 Å². The highest BCUT2D eigenvalue weighted by molar-refractivity contribution is 5.95. The lowest BCUT2D eigenvalue weighted by Crippen LogP contribution is -2.08. The van der Waals surface area contributed by atoms with Crippen molar-refractivity contribution in [2.45, 2.75) is 40.5 Å². The van der Waals surface area contributed by atoms with Crippen molar-refractivity contribution in [1.82, 2.24) is 0 Å². The van der Waals surface area contributed by atoms with Crippen molar-refractivity contribution in [3.05, 3.63) is 35.4 Å². The SMILES string of the molecule is CCCOCOc1c(C)c(C)c(OCOCCC)c2ccccc12. The number of hydrogen-bond acceptors (Lipinski definition) is 4. The molecule has 0 bridgehead atoms. The van der Waals surface area contributed by atoms with E-state index in [4.69, 9.17) is 18.9 Å². The third-order valence-electron chi connectivity index (χ3n) is 3.93. The molecule has 0 heterocycles. The van der Waals surface area contributed by atoms with Gasteiger partial charge in [-0.1, -0.05) is 38.1 Å². The summed E-state index contributed by atoms with van der Waals surface area (Å²) in [6.07, 6.45) is 1.96. The van der Waals surface area contributed by atoms with Gasteiger partial charge in [-0.15, -0.1) is 0 Å². The Morgan fingerprint density at radius 3 is 1.50 bits per heavy atom. The van der Waals surface area contributed by atoms with Crippen LogP contribution in [0.3, 0.4) is 0 Å². The number of ether oxygens (including phenoxy) is 4. The summed E-state index contributed by atoms with van der Waals surface area (Å²) >= 11 is 0. The molecule has 0 aliphatic carbocycles. The molecule has 0 saturated carbocycles. The molecule has 2 aromatic rings. The first-order chi connectivity index (χ1) is 11.7. The number of rotatable bonds is 10. The quantitative estimate of drug-likeness (QED) is 0.454. The van der Waals surface area contributed by atoms with Crippen LogP contribution < -0.4 is 9.47 Å². The second kappa shape index (κ2) is 9.50. The van der Waals surface area contributed by atoms with E-state index >= 15 is 0 Å². The number of fused-ring (bicyclic) bond motifs is 1. The van der Waals surface area contributed by atoms with Gasteiger partial charge in [-0.2, -0.15) is 0 Å². The molecule has 0 unspecified atom stereocenters. The van der Waals surface area contributed by atoms with Crippen LogP contribution in [0.5, 0.6) is 11.5 Å². The Bertz CT molecular complexity index is 595. The molecule has 4 heteroatoms. The predicted octanol–water partition coefficient (Wildman–Crippen LogP) is 4.98. The highest BCUT2D eigenvalue weighted by Gasteiger charge is 2.16. The van der Waals surface area contributed by atoms with Gasteiger partial charge in [-0.05, 0) is 37.8 Å². The van der Waals surface area contributed by atoms with Gasteiger partial charge in [0, 0.05) is 10.8 Å². The van der Waals surface area contributed by atoms with E-state index in [2.05, 4.69) is 39.8 Å². The van der Waals surface area contributed by atoms with Crippen LogP contribution in [0.25, 0.3) is 10.8 Å². The first-order valence-corrected chi connectivity index (χ1v) is 8.63. The van der Waals surface area contributed by atoms with E-state index in [0.717, 1.165) is 46.2 Å². The van der Waals surface area contributed by atoms with Gasteiger partial charge in [-0.25, -0.2) is 0 Å². The standard InChI is InChI=1S/C20H28O4/c1-5-11-21-13-23-19-15(3)16(4)20(24-14-22-12-6-2)18-10-8-7-9-17(18)19/h7-10H,5-6,11-14H2,1-4H3. The topological polar surface area (TPSA) is 36.9 Å². The molecule has 0 aliphatic rings. The maximum absolute atomic E-state index is 5.92. The Balaban J connectivity index is 2.30. The van der Waals surface area contributed by atoms with Gasteiger partial charge in [0.05, 0.1) is 13.2 Å². The molecule has 2 rings (SSSR count). The predicted molar refractivity (Wildman–Crippen MR) is 96.9 cm³/mol. The average molecular weight is 332 g/mol. The Hall–Kier alpha value is -1.78. The summed E-state index contributed by atoms with van der Waals surface area (Å²) < 4.78 is 22.8. The maximum Gasteiger partial charge on any atom is 0.189 e. The average Bonchev–Trinajstić information content (AvgIpc) is 2.60. The molecule has 0 amide bonds. The minimum Gasteiger partial charge on any atom is -0.467 e. The summed E-state index contributed by atoms with van der Waals surface area (Å²) in [5.74, 6) is 1.72. The van der Waals surface area contributed by atoms with E-state index in [0.29, 0.717) is 13.2 Å². The highest BCUT2D eigenvalue weighted by atomic mass is 16.7. The Labute approximate surface area is 144 Å². The largest absolute Gasteiger partial charge is 0.467 e. The van der Waals surface area contributed by atoms with Crippen molar-refractivity contribution in [1.29, 1.82) is 0 Å². The van der Waals surface area contributed by atoms with Crippen LogP contribution in [0.2, 0.25) is 0 Å². The van der Waals surface area contributed by atoms with Crippen molar-refractivity contribution >= 4 is 10.8 Å². The van der Waals surface area contributed by atoms with Gasteiger partial charge >= 0.3 is 0 Å². The molecule has 2 aromatic carbocycles. The van der Waals surface area contributed by atoms with Crippen molar-refractivity contribution < 1.29 is 18.9 Å². The summed E-state index contributed by atoms with van der Waals surface area (Å²) in [6.45, 7) is 10.2. The maximum atomic E-state index is 5.92. The molecule has 0 aromatic heterocycles. The van der Waals surface area contributed by atoms with Crippen LogP contribution in [-0.2, 0) is 9.47 Å². The van der Waals surface area contributed by atoms with Crippen LogP contribution in [0.15, 0.2) is 24.3 Å². The summed E-state index contributed by atoms with van der Waals surface area (Å²) in [4.78, 5) is 0. The fourth-order valence-corrected chi connectivity index (χ4v) is 2.60. The minimum atomic E-state index is 0.262. The second-order valence-corrected chi connectivity index (χ2v) is 5.79. The van der Waals surface area contributed by atoms with E-state index < -0.39 is 0 Å². The highest BCUT2D eigenvalue weighted by Crippen LogP contribution is 2.40. The van der Waals surface area contributed by atoms with E-state index in [-0.39, 0.29) is 13.6 Å². The summed E-state index contributed by atoms with van der Waals surface area (Å²) in [7, 11) is 0. The minimum absolute atomic E-state index is 0.262. The Morgan fingerprint density at radius 2 is 1.12 bits per heavy atom. The van der Waals surface area contributed by atoms with Crippen molar-refractivity contribution in [2.24, 2.45) is 0 Å². The van der Waals surface area contributed by atoms with E-state index in [9.17, 15) is 0 Å². The molecular weight excluding hydrogens is 304 g/mol. The van der Waals surface area contributed by atoms with Gasteiger partial charge < -0.3 is 18.9 Å². The van der Waals surface area contributed by atoms with Crippen LogP contribution in [0, 0.1) is 13.8 Å². The smallest absolute Gasteiger partial charge is 0.189 e. The molecule has 4 nitrogen and oxygen atoms in total. The van der Waals surface area contributed by atoms with E-state index in [1.54, 1.807) is 0 Å². The Kier molecular flexibility index (Phi) is 7.35. The van der Waals surface area contributed by atoms with Gasteiger partial charge in [0.15, 0.2) is 13.6 Å². The lowest BCUT2D eigenvalue weighted by atomic mass is 9.99. The van der Waals surface area contributed by atoms with Crippen LogP contribution >= 0.6 is 0 Å². The lowest BCUT2D eigenvalue weighted by molar-refractivity contribution is 0.0141. The van der Waals surface area contributed by atoms with Crippen LogP contribution in [0.4, 0.5) is 0 Å². The zero-order valence-corrected chi connectivity index (χ0v) is 15.2. The zero-order valence-electron chi connectivity index (χ0n) is 15.2. The summed E-state index contributed by atoms with van der Waals surface area (Å²) in [5, 5.41) is 2.07. The summed E-state index contributed by atoms with van der Waals surface area (Å²) in [5.41, 5.74) is 2.14. The van der Waals surface area contributed by atoms with Gasteiger partial charge in [-0.3, -0.25) is 0 Å². The van der Waals surface area contributed by atoms with Crippen molar-refractivity contribution in [2.75, 3.05) is 26.8 Å². The van der Waals surface area contributed by atoms with E-state index in [1.807, 2.05) is 12.1 Å². The molecule has 0 radical (unpaired) electrons. The van der Waals surface area contributed by atoms with Crippen LogP contribution in [0.1, 0.15) is 37.8 Å². The first-order valence-electron chi connectivity index (χ1n) is 8.63. The molecule has 0 saturated heterocycles. The molecular formula is C20H28O4. The van der Waals surface area contributed by atoms with Gasteiger partial charge in [0.1, 0.15) is 11.5 Å². The van der Waals surface area contributed by atoms with Crippen molar-refractivity contribution in [3.63, 3.8) is 0 Å². The summed E-state index contributed by atoms with van der Waals surface area (Å²) in [6, 6.07) is 8.12. The monoisotopic (exact) mass is 332 g/mol. The molecule has 0 N–H and O–H groups in total. The van der Waals surface area contributed by atoms with Gasteiger partial charge in [0.2, 0.25) is 0 Å². The normalized spacial score (nSPS) is 11.0. The molecule has 0 spiro atoms. The number of hydrogen-bond donors (Lipinski definition) is 0. The van der Waals surface area contributed by atoms with Gasteiger partial charge in [0.25, 0.3) is 0 Å². The number of benzene rings is 2. The van der Waals surface area contributed by atoms with Crippen molar-refractivity contribution in [3.8, 4) is 11.5 Å². The zero-order chi connectivity index (χ0) is 17.4. The third kappa shape index (κ3) is 4.40. The second-order valence-electron chi connectivity index (χ2n) is 5.79.